The molecule has 0 aliphatic heterocycles. The highest BCUT2D eigenvalue weighted by atomic mass is 16.5. The standard InChI is InChI=1S/C15H16N2O3/c1-2-9-20-14-8-4-3-7-13(14)15(18)17-16-11-12-6-5-10-19-12/h3-8,10-11H,2,9H2,1H3,(H,17,18). The molecule has 0 radical (unpaired) electrons. The third kappa shape index (κ3) is 3.71. The first-order valence-corrected chi connectivity index (χ1v) is 6.40. The van der Waals surface area contributed by atoms with E-state index in [1.165, 1.54) is 12.5 Å². The van der Waals surface area contributed by atoms with Crippen molar-refractivity contribution in [3.05, 3.63) is 54.0 Å². The van der Waals surface area contributed by atoms with Gasteiger partial charge >= 0.3 is 0 Å². The number of hydrogen-bond acceptors (Lipinski definition) is 4. The van der Waals surface area contributed by atoms with E-state index in [-0.39, 0.29) is 5.91 Å². The Bertz CT molecular complexity index is 577. The number of carbonyl (C=O) groups is 1. The number of hydrazone groups is 1. The van der Waals surface area contributed by atoms with Crippen molar-refractivity contribution in [1.29, 1.82) is 0 Å². The van der Waals surface area contributed by atoms with Gasteiger partial charge in [-0.15, -0.1) is 0 Å². The van der Waals surface area contributed by atoms with Crippen molar-refractivity contribution >= 4 is 12.1 Å². The Morgan fingerprint density at radius 3 is 2.95 bits per heavy atom. The van der Waals surface area contributed by atoms with E-state index in [2.05, 4.69) is 10.5 Å². The zero-order valence-corrected chi connectivity index (χ0v) is 11.2. The van der Waals surface area contributed by atoms with Gasteiger partial charge in [-0.2, -0.15) is 5.10 Å². The van der Waals surface area contributed by atoms with Crippen LogP contribution in [0.1, 0.15) is 29.5 Å². The summed E-state index contributed by atoms with van der Waals surface area (Å²) in [4.78, 5) is 12.0. The van der Waals surface area contributed by atoms with Gasteiger partial charge in [0.05, 0.1) is 24.6 Å². The van der Waals surface area contributed by atoms with Crippen LogP contribution in [0.25, 0.3) is 0 Å². The fourth-order valence-electron chi connectivity index (χ4n) is 1.57. The minimum absolute atomic E-state index is 0.320. The lowest BCUT2D eigenvalue weighted by Gasteiger charge is -2.09. The molecule has 0 saturated carbocycles. The summed E-state index contributed by atoms with van der Waals surface area (Å²) in [6, 6.07) is 10.6. The van der Waals surface area contributed by atoms with E-state index in [0.717, 1.165) is 6.42 Å². The lowest BCUT2D eigenvalue weighted by Crippen LogP contribution is -2.18. The molecule has 5 nitrogen and oxygen atoms in total. The number of furan rings is 1. The van der Waals surface area contributed by atoms with Crippen molar-refractivity contribution in [2.24, 2.45) is 5.10 Å². The Hall–Kier alpha value is -2.56. The fourth-order valence-corrected chi connectivity index (χ4v) is 1.57. The molecule has 1 N–H and O–H groups in total. The lowest BCUT2D eigenvalue weighted by molar-refractivity contribution is 0.0951. The molecule has 1 aromatic carbocycles. The first-order chi connectivity index (χ1) is 9.81. The summed E-state index contributed by atoms with van der Waals surface area (Å²) < 4.78 is 10.6. The van der Waals surface area contributed by atoms with Crippen LogP contribution < -0.4 is 10.2 Å². The van der Waals surface area contributed by atoms with Crippen molar-refractivity contribution in [2.75, 3.05) is 6.61 Å². The number of para-hydroxylation sites is 1. The number of hydrogen-bond donors (Lipinski definition) is 1. The van der Waals surface area contributed by atoms with Crippen LogP contribution >= 0.6 is 0 Å². The van der Waals surface area contributed by atoms with E-state index in [1.54, 1.807) is 30.3 Å². The van der Waals surface area contributed by atoms with E-state index in [1.807, 2.05) is 13.0 Å². The molecule has 0 spiro atoms. The van der Waals surface area contributed by atoms with Gasteiger partial charge in [-0.1, -0.05) is 19.1 Å². The van der Waals surface area contributed by atoms with Crippen LogP contribution in [0.4, 0.5) is 0 Å². The molecule has 0 unspecified atom stereocenters. The molecule has 0 aliphatic rings. The highest BCUT2D eigenvalue weighted by Crippen LogP contribution is 2.17. The maximum absolute atomic E-state index is 12.0. The average molecular weight is 272 g/mol. The monoisotopic (exact) mass is 272 g/mol. The Morgan fingerprint density at radius 2 is 2.20 bits per heavy atom. The van der Waals surface area contributed by atoms with Crippen LogP contribution in [0.15, 0.2) is 52.2 Å². The molecule has 20 heavy (non-hydrogen) atoms. The molecule has 0 saturated heterocycles. The summed E-state index contributed by atoms with van der Waals surface area (Å²) in [5, 5.41) is 3.84. The molecule has 0 atom stereocenters. The SMILES string of the molecule is CCCOc1ccccc1C(=O)NN=Cc1ccco1. The maximum Gasteiger partial charge on any atom is 0.275 e. The van der Waals surface area contributed by atoms with Crippen LogP contribution in [0.2, 0.25) is 0 Å². The number of nitrogens with zero attached hydrogens (tertiary/aromatic N) is 1. The van der Waals surface area contributed by atoms with Gasteiger partial charge in [0.1, 0.15) is 11.5 Å². The minimum Gasteiger partial charge on any atom is -0.493 e. The second-order valence-corrected chi connectivity index (χ2v) is 4.06. The van der Waals surface area contributed by atoms with Gasteiger partial charge in [0.2, 0.25) is 0 Å². The topological polar surface area (TPSA) is 63.8 Å². The molecule has 1 aromatic heterocycles. The van der Waals surface area contributed by atoms with Gasteiger partial charge < -0.3 is 9.15 Å². The number of rotatable bonds is 6. The predicted molar refractivity (Wildman–Crippen MR) is 76.0 cm³/mol. The average Bonchev–Trinajstić information content (AvgIpc) is 2.98. The largest absolute Gasteiger partial charge is 0.493 e. The normalized spacial score (nSPS) is 10.7. The van der Waals surface area contributed by atoms with Gasteiger partial charge in [-0.05, 0) is 30.7 Å². The molecule has 0 fully saturated rings. The van der Waals surface area contributed by atoms with Crippen LogP contribution in [0.5, 0.6) is 5.75 Å². The van der Waals surface area contributed by atoms with E-state index in [9.17, 15) is 4.79 Å². The van der Waals surface area contributed by atoms with Crippen molar-refractivity contribution < 1.29 is 13.9 Å². The van der Waals surface area contributed by atoms with Crippen LogP contribution in [0, 0.1) is 0 Å². The minimum atomic E-state index is -0.320. The zero-order valence-electron chi connectivity index (χ0n) is 11.2. The van der Waals surface area contributed by atoms with Crippen molar-refractivity contribution in [3.8, 4) is 5.75 Å². The summed E-state index contributed by atoms with van der Waals surface area (Å²) in [5.74, 6) is 0.806. The van der Waals surface area contributed by atoms with E-state index in [4.69, 9.17) is 9.15 Å². The van der Waals surface area contributed by atoms with Crippen LogP contribution in [-0.2, 0) is 0 Å². The molecule has 1 amide bonds. The Kier molecular flexibility index (Phi) is 4.94. The smallest absolute Gasteiger partial charge is 0.275 e. The molecule has 2 rings (SSSR count). The van der Waals surface area contributed by atoms with Crippen molar-refractivity contribution in [3.63, 3.8) is 0 Å². The number of nitrogens with one attached hydrogen (secondary N) is 1. The Balaban J connectivity index is 2.01. The zero-order chi connectivity index (χ0) is 14.2. The van der Waals surface area contributed by atoms with E-state index in [0.29, 0.717) is 23.7 Å². The molecule has 104 valence electrons. The molecule has 0 bridgehead atoms. The number of amides is 1. The molecule has 1 heterocycles. The van der Waals surface area contributed by atoms with Gasteiger partial charge in [-0.3, -0.25) is 4.79 Å². The number of ether oxygens (including phenoxy) is 1. The molecule has 0 aliphatic carbocycles. The second-order valence-electron chi connectivity index (χ2n) is 4.06. The Morgan fingerprint density at radius 1 is 1.35 bits per heavy atom. The van der Waals surface area contributed by atoms with Crippen LogP contribution in [0.3, 0.4) is 0 Å². The highest BCUT2D eigenvalue weighted by molar-refractivity contribution is 5.97. The Labute approximate surface area is 117 Å². The first-order valence-electron chi connectivity index (χ1n) is 6.40. The maximum atomic E-state index is 12.0. The summed E-state index contributed by atoms with van der Waals surface area (Å²) in [5.41, 5.74) is 2.90. The fraction of sp³-hybridized carbons (Fsp3) is 0.200. The number of carbonyl (C=O) groups excluding carboxylic acids is 1. The quantitative estimate of drug-likeness (QED) is 0.649. The van der Waals surface area contributed by atoms with Crippen molar-refractivity contribution in [1.82, 2.24) is 5.43 Å². The lowest BCUT2D eigenvalue weighted by atomic mass is 10.2. The summed E-state index contributed by atoms with van der Waals surface area (Å²) in [6.07, 6.45) is 3.86. The molecule has 2 aromatic rings. The van der Waals surface area contributed by atoms with E-state index < -0.39 is 0 Å². The van der Waals surface area contributed by atoms with Gasteiger partial charge in [0, 0.05) is 0 Å². The van der Waals surface area contributed by atoms with E-state index >= 15 is 0 Å². The summed E-state index contributed by atoms with van der Waals surface area (Å²) in [6.45, 7) is 2.58. The molecular weight excluding hydrogens is 256 g/mol. The highest BCUT2D eigenvalue weighted by Gasteiger charge is 2.10. The predicted octanol–water partition coefficient (Wildman–Crippen LogP) is 2.83. The third-order valence-electron chi connectivity index (χ3n) is 2.49. The summed E-state index contributed by atoms with van der Waals surface area (Å²) >= 11 is 0. The van der Waals surface area contributed by atoms with Gasteiger partial charge in [0.15, 0.2) is 0 Å². The van der Waals surface area contributed by atoms with Crippen LogP contribution in [-0.4, -0.2) is 18.7 Å². The first kappa shape index (κ1) is 13.9. The van der Waals surface area contributed by atoms with Crippen molar-refractivity contribution in [2.45, 2.75) is 13.3 Å². The third-order valence-corrected chi connectivity index (χ3v) is 2.49. The molecular formula is C15H16N2O3. The van der Waals surface area contributed by atoms with Gasteiger partial charge in [0.25, 0.3) is 5.91 Å². The second kappa shape index (κ2) is 7.13. The molecule has 5 heteroatoms. The number of benzene rings is 1. The summed E-state index contributed by atoms with van der Waals surface area (Å²) in [7, 11) is 0. The van der Waals surface area contributed by atoms with Gasteiger partial charge in [-0.25, -0.2) is 5.43 Å².